The number of rotatable bonds is 5. The van der Waals surface area contributed by atoms with Crippen LogP contribution < -0.4 is 5.32 Å². The number of hydrogen-bond acceptors (Lipinski definition) is 6. The van der Waals surface area contributed by atoms with Gasteiger partial charge in [-0.05, 0) is 24.1 Å². The molecule has 0 spiro atoms. The van der Waals surface area contributed by atoms with Crippen LogP contribution >= 0.6 is 0 Å². The third kappa shape index (κ3) is 4.38. The van der Waals surface area contributed by atoms with Crippen molar-refractivity contribution in [2.75, 3.05) is 11.6 Å². The fourth-order valence-corrected chi connectivity index (χ4v) is 2.86. The van der Waals surface area contributed by atoms with Crippen molar-refractivity contribution in [3.63, 3.8) is 0 Å². The van der Waals surface area contributed by atoms with E-state index in [1.54, 1.807) is 0 Å². The first-order valence-electron chi connectivity index (χ1n) is 7.29. The van der Waals surface area contributed by atoms with E-state index in [4.69, 9.17) is 5.11 Å². The van der Waals surface area contributed by atoms with Gasteiger partial charge in [0.25, 0.3) is 5.91 Å². The number of sulfone groups is 1. The van der Waals surface area contributed by atoms with Gasteiger partial charge in [-0.15, -0.1) is 0 Å². The quantitative estimate of drug-likeness (QED) is 0.831. The Morgan fingerprint density at radius 2 is 1.88 bits per heavy atom. The minimum atomic E-state index is -3.64. The van der Waals surface area contributed by atoms with Crippen molar-refractivity contribution in [1.29, 1.82) is 0 Å². The molecule has 8 nitrogen and oxygen atoms in total. The normalized spacial score (nSPS) is 11.4. The fraction of sp³-hybridized carbons (Fsp3) is 0.250. The first-order chi connectivity index (χ1) is 11.6. The zero-order valence-electron chi connectivity index (χ0n) is 13.8. The molecule has 0 fully saturated rings. The molecule has 2 N–H and O–H groups in total. The van der Waals surface area contributed by atoms with Crippen LogP contribution in [0.3, 0.4) is 0 Å². The molecule has 1 aromatic carbocycles. The van der Waals surface area contributed by atoms with Crippen LogP contribution in [0.2, 0.25) is 0 Å². The highest BCUT2D eigenvalue weighted by Gasteiger charge is 2.18. The highest BCUT2D eigenvalue weighted by molar-refractivity contribution is 7.90. The van der Waals surface area contributed by atoms with Crippen LogP contribution in [0.4, 0.5) is 5.69 Å². The number of carbonyl (C=O) groups is 2. The Balaban J connectivity index is 2.45. The summed E-state index contributed by atoms with van der Waals surface area (Å²) in [5.74, 6) is -1.88. The van der Waals surface area contributed by atoms with Gasteiger partial charge in [-0.3, -0.25) is 4.79 Å². The number of aromatic carboxylic acids is 1. The average molecular weight is 363 g/mol. The SMILES string of the molecule is CC(C)c1ncncc1C(=O)Nc1cc(C(=O)O)cc(S(C)(=O)=O)c1. The Morgan fingerprint density at radius 3 is 2.44 bits per heavy atom. The van der Waals surface area contributed by atoms with Crippen LogP contribution in [0.1, 0.15) is 46.2 Å². The molecule has 0 bridgehead atoms. The van der Waals surface area contributed by atoms with Crippen molar-refractivity contribution < 1.29 is 23.1 Å². The van der Waals surface area contributed by atoms with Crippen LogP contribution in [0.25, 0.3) is 0 Å². The molecule has 132 valence electrons. The standard InChI is InChI=1S/C16H17N3O5S/c1-9(2)14-13(7-17-8-18-14)15(20)19-11-4-10(16(21)22)5-12(6-11)25(3,23)24/h4-9H,1-3H3,(H,19,20)(H,21,22). The number of aromatic nitrogens is 2. The van der Waals surface area contributed by atoms with Gasteiger partial charge >= 0.3 is 5.97 Å². The van der Waals surface area contributed by atoms with Gasteiger partial charge in [0.05, 0.1) is 21.7 Å². The van der Waals surface area contributed by atoms with Crippen molar-refractivity contribution in [2.45, 2.75) is 24.7 Å². The van der Waals surface area contributed by atoms with Crippen molar-refractivity contribution in [3.8, 4) is 0 Å². The number of carboxylic acid groups (broad SMARTS) is 1. The summed E-state index contributed by atoms with van der Waals surface area (Å²) in [5.41, 5.74) is 0.583. The number of carboxylic acids is 1. The molecule has 2 aromatic rings. The van der Waals surface area contributed by atoms with Crippen LogP contribution in [0, 0.1) is 0 Å². The first-order valence-corrected chi connectivity index (χ1v) is 9.18. The topological polar surface area (TPSA) is 126 Å². The lowest BCUT2D eigenvalue weighted by Gasteiger charge is -2.12. The second kappa shape index (κ2) is 6.98. The zero-order valence-corrected chi connectivity index (χ0v) is 14.7. The summed E-state index contributed by atoms with van der Waals surface area (Å²) >= 11 is 0. The summed E-state index contributed by atoms with van der Waals surface area (Å²) in [7, 11) is -3.64. The third-order valence-corrected chi connectivity index (χ3v) is 4.47. The number of nitrogens with zero attached hydrogens (tertiary/aromatic N) is 2. The highest BCUT2D eigenvalue weighted by atomic mass is 32.2. The Bertz CT molecular complexity index is 939. The van der Waals surface area contributed by atoms with Crippen LogP contribution in [0.15, 0.2) is 35.6 Å². The smallest absolute Gasteiger partial charge is 0.335 e. The summed E-state index contributed by atoms with van der Waals surface area (Å²) in [6, 6.07) is 3.44. The minimum absolute atomic E-state index is 0.0271. The molecule has 0 aliphatic carbocycles. The molecule has 0 atom stereocenters. The predicted molar refractivity (Wildman–Crippen MR) is 90.6 cm³/mol. The maximum Gasteiger partial charge on any atom is 0.335 e. The van der Waals surface area contributed by atoms with Crippen LogP contribution in [0.5, 0.6) is 0 Å². The molecule has 25 heavy (non-hydrogen) atoms. The number of nitrogens with one attached hydrogen (secondary N) is 1. The molecule has 2 rings (SSSR count). The van der Waals surface area contributed by atoms with Crippen molar-refractivity contribution in [1.82, 2.24) is 9.97 Å². The molecule has 0 radical (unpaired) electrons. The van der Waals surface area contributed by atoms with E-state index >= 15 is 0 Å². The molecule has 9 heteroatoms. The summed E-state index contributed by atoms with van der Waals surface area (Å²) in [6.45, 7) is 3.73. The second-order valence-corrected chi connectivity index (χ2v) is 7.77. The van der Waals surface area contributed by atoms with Gasteiger partial charge in [0.2, 0.25) is 0 Å². The lowest BCUT2D eigenvalue weighted by Crippen LogP contribution is -2.17. The maximum absolute atomic E-state index is 12.5. The molecule has 0 saturated heterocycles. The number of anilines is 1. The molecule has 0 unspecified atom stereocenters. The summed E-state index contributed by atoms with van der Waals surface area (Å²) < 4.78 is 23.5. The van der Waals surface area contributed by atoms with Gasteiger partial charge in [-0.1, -0.05) is 13.8 Å². The molecule has 1 aromatic heterocycles. The van der Waals surface area contributed by atoms with E-state index in [9.17, 15) is 18.0 Å². The first kappa shape index (κ1) is 18.5. The molecule has 1 amide bonds. The Labute approximate surface area is 144 Å². The van der Waals surface area contributed by atoms with Crippen LogP contribution in [-0.2, 0) is 9.84 Å². The molecular formula is C16H17N3O5S. The molecule has 0 saturated carbocycles. The zero-order chi connectivity index (χ0) is 18.8. The van der Waals surface area contributed by atoms with E-state index in [0.29, 0.717) is 5.69 Å². The third-order valence-electron chi connectivity index (χ3n) is 3.37. The Morgan fingerprint density at radius 1 is 1.20 bits per heavy atom. The number of benzene rings is 1. The number of hydrogen-bond donors (Lipinski definition) is 2. The van der Waals surface area contributed by atoms with Crippen molar-refractivity contribution in [2.24, 2.45) is 0 Å². The van der Waals surface area contributed by atoms with Crippen LogP contribution in [-0.4, -0.2) is 41.6 Å². The largest absolute Gasteiger partial charge is 0.478 e. The molecule has 0 aliphatic rings. The predicted octanol–water partition coefficient (Wildman–Crippen LogP) is 1.95. The van der Waals surface area contributed by atoms with Gasteiger partial charge in [0.15, 0.2) is 9.84 Å². The summed E-state index contributed by atoms with van der Waals surface area (Å²) in [6.07, 6.45) is 3.65. The average Bonchev–Trinajstić information content (AvgIpc) is 2.53. The molecular weight excluding hydrogens is 346 g/mol. The minimum Gasteiger partial charge on any atom is -0.478 e. The van der Waals surface area contributed by atoms with Crippen molar-refractivity contribution >= 4 is 27.4 Å². The van der Waals surface area contributed by atoms with Gasteiger partial charge in [0, 0.05) is 18.1 Å². The lowest BCUT2D eigenvalue weighted by molar-refractivity contribution is 0.0696. The van der Waals surface area contributed by atoms with Gasteiger partial charge in [0.1, 0.15) is 6.33 Å². The molecule has 1 heterocycles. The fourth-order valence-electron chi connectivity index (χ4n) is 2.18. The van der Waals surface area contributed by atoms with E-state index in [-0.39, 0.29) is 27.6 Å². The van der Waals surface area contributed by atoms with Gasteiger partial charge < -0.3 is 10.4 Å². The van der Waals surface area contributed by atoms with E-state index in [0.717, 1.165) is 12.3 Å². The second-order valence-electron chi connectivity index (χ2n) is 5.75. The number of amides is 1. The van der Waals surface area contributed by atoms with E-state index in [1.807, 2.05) is 13.8 Å². The van der Waals surface area contributed by atoms with E-state index < -0.39 is 21.7 Å². The van der Waals surface area contributed by atoms with Gasteiger partial charge in [-0.25, -0.2) is 23.2 Å². The highest BCUT2D eigenvalue weighted by Crippen LogP contribution is 2.21. The monoisotopic (exact) mass is 363 g/mol. The van der Waals surface area contributed by atoms with E-state index in [1.165, 1.54) is 24.7 Å². The maximum atomic E-state index is 12.5. The summed E-state index contributed by atoms with van der Waals surface area (Å²) in [4.78, 5) is 31.4. The molecule has 0 aliphatic heterocycles. The number of carbonyl (C=O) groups excluding carboxylic acids is 1. The van der Waals surface area contributed by atoms with Crippen molar-refractivity contribution in [3.05, 3.63) is 47.5 Å². The Kier molecular flexibility index (Phi) is 5.17. The Hall–Kier alpha value is -2.81. The lowest BCUT2D eigenvalue weighted by atomic mass is 10.0. The van der Waals surface area contributed by atoms with E-state index in [2.05, 4.69) is 15.3 Å². The summed E-state index contributed by atoms with van der Waals surface area (Å²) in [5, 5.41) is 11.7. The van der Waals surface area contributed by atoms with Gasteiger partial charge in [-0.2, -0.15) is 0 Å².